The lowest BCUT2D eigenvalue weighted by Gasteiger charge is -2.16. The highest BCUT2D eigenvalue weighted by atomic mass is 35.5. The molecule has 0 radical (unpaired) electrons. The van der Waals surface area contributed by atoms with Crippen LogP contribution in [0, 0.1) is 5.82 Å². The fraction of sp³-hybridized carbons (Fsp3) is 0.385. The maximum Gasteiger partial charge on any atom is 0.126 e. The summed E-state index contributed by atoms with van der Waals surface area (Å²) >= 11 is 5.91. The number of nitrogens with zero attached hydrogens (tertiary/aromatic N) is 2. The van der Waals surface area contributed by atoms with E-state index in [0.29, 0.717) is 17.0 Å². The van der Waals surface area contributed by atoms with E-state index < -0.39 is 0 Å². The fourth-order valence-corrected chi connectivity index (χ4v) is 2.09. The van der Waals surface area contributed by atoms with Gasteiger partial charge in [-0.05, 0) is 43.1 Å². The summed E-state index contributed by atoms with van der Waals surface area (Å²) in [6, 6.07) is 4.51. The van der Waals surface area contributed by atoms with Crippen LogP contribution in [0.5, 0.6) is 0 Å². The van der Waals surface area contributed by atoms with Gasteiger partial charge in [-0.2, -0.15) is 15.4 Å². The van der Waals surface area contributed by atoms with Crippen LogP contribution < -0.4 is 5.32 Å². The molecule has 2 N–H and O–H groups in total. The maximum atomic E-state index is 13.8. The Bertz CT molecular complexity index is 515. The Hall–Kier alpha value is -1.46. The molecular weight excluding hydrogens is 267 g/mol. The molecule has 0 aliphatic carbocycles. The summed E-state index contributed by atoms with van der Waals surface area (Å²) in [5.41, 5.74) is 1.34. The van der Waals surface area contributed by atoms with Crippen molar-refractivity contribution >= 4 is 11.6 Å². The van der Waals surface area contributed by atoms with Crippen LogP contribution in [0.3, 0.4) is 0 Å². The normalized spacial score (nSPS) is 12.6. The second kappa shape index (κ2) is 6.63. The number of benzene rings is 1. The van der Waals surface area contributed by atoms with E-state index in [2.05, 4.69) is 27.7 Å². The fourth-order valence-electron chi connectivity index (χ4n) is 1.90. The molecule has 19 heavy (non-hydrogen) atoms. The zero-order valence-corrected chi connectivity index (χ0v) is 11.4. The van der Waals surface area contributed by atoms with Crippen LogP contribution in [0.15, 0.2) is 24.4 Å². The molecule has 102 valence electrons. The number of H-pyrrole nitrogens is 1. The van der Waals surface area contributed by atoms with Crippen LogP contribution in [0.25, 0.3) is 0 Å². The van der Waals surface area contributed by atoms with Crippen LogP contribution >= 0.6 is 11.6 Å². The van der Waals surface area contributed by atoms with Crippen molar-refractivity contribution in [1.82, 2.24) is 20.7 Å². The highest BCUT2D eigenvalue weighted by molar-refractivity contribution is 6.30. The molecule has 0 spiro atoms. The Labute approximate surface area is 116 Å². The predicted octanol–water partition coefficient (Wildman–Crippen LogP) is 2.88. The monoisotopic (exact) mass is 282 g/mol. The molecule has 4 nitrogen and oxygen atoms in total. The molecule has 0 bridgehead atoms. The zero-order valence-electron chi connectivity index (χ0n) is 10.7. The number of hydrogen-bond acceptors (Lipinski definition) is 3. The van der Waals surface area contributed by atoms with Crippen molar-refractivity contribution in [2.24, 2.45) is 0 Å². The van der Waals surface area contributed by atoms with E-state index in [9.17, 15) is 4.39 Å². The molecule has 1 atom stereocenters. The molecule has 1 aromatic heterocycles. The SMILES string of the molecule is CCCNC(Cc1cc(Cl)ccc1F)c1cn[nH]n1. The van der Waals surface area contributed by atoms with Crippen LogP contribution in [-0.2, 0) is 6.42 Å². The summed E-state index contributed by atoms with van der Waals surface area (Å²) in [6.45, 7) is 2.91. The van der Waals surface area contributed by atoms with E-state index in [1.54, 1.807) is 18.3 Å². The first-order valence-electron chi connectivity index (χ1n) is 6.23. The van der Waals surface area contributed by atoms with Crippen molar-refractivity contribution in [2.75, 3.05) is 6.54 Å². The highest BCUT2D eigenvalue weighted by Crippen LogP contribution is 2.21. The van der Waals surface area contributed by atoms with Crippen molar-refractivity contribution in [3.05, 3.63) is 46.5 Å². The number of nitrogens with one attached hydrogen (secondary N) is 2. The van der Waals surface area contributed by atoms with E-state index >= 15 is 0 Å². The number of hydrogen-bond donors (Lipinski definition) is 2. The lowest BCUT2D eigenvalue weighted by Crippen LogP contribution is -2.24. The quantitative estimate of drug-likeness (QED) is 0.856. The van der Waals surface area contributed by atoms with E-state index in [4.69, 9.17) is 11.6 Å². The Morgan fingerprint density at radius 3 is 3.00 bits per heavy atom. The summed E-state index contributed by atoms with van der Waals surface area (Å²) in [6.07, 6.45) is 3.13. The third-order valence-electron chi connectivity index (χ3n) is 2.86. The van der Waals surface area contributed by atoms with E-state index in [1.807, 2.05) is 0 Å². The van der Waals surface area contributed by atoms with Gasteiger partial charge in [-0.25, -0.2) is 4.39 Å². The molecule has 0 saturated carbocycles. The molecular formula is C13H16ClFN4. The van der Waals surface area contributed by atoms with Crippen molar-refractivity contribution in [1.29, 1.82) is 0 Å². The average molecular weight is 283 g/mol. The molecule has 0 amide bonds. The van der Waals surface area contributed by atoms with Gasteiger partial charge in [0.25, 0.3) is 0 Å². The lowest BCUT2D eigenvalue weighted by molar-refractivity contribution is 0.502. The van der Waals surface area contributed by atoms with E-state index in [-0.39, 0.29) is 11.9 Å². The zero-order chi connectivity index (χ0) is 13.7. The van der Waals surface area contributed by atoms with Crippen LogP contribution in [-0.4, -0.2) is 22.0 Å². The molecule has 0 fully saturated rings. The van der Waals surface area contributed by atoms with Gasteiger partial charge in [0.1, 0.15) is 5.82 Å². The molecule has 1 unspecified atom stereocenters. The molecule has 1 aromatic carbocycles. The first-order valence-corrected chi connectivity index (χ1v) is 6.61. The summed E-state index contributed by atoms with van der Waals surface area (Å²) in [5, 5.41) is 14.3. The minimum atomic E-state index is -0.254. The van der Waals surface area contributed by atoms with Crippen LogP contribution in [0.2, 0.25) is 5.02 Å². The van der Waals surface area contributed by atoms with Gasteiger partial charge in [0.05, 0.1) is 17.9 Å². The molecule has 0 aliphatic rings. The Balaban J connectivity index is 2.17. The molecule has 6 heteroatoms. The van der Waals surface area contributed by atoms with Crippen LogP contribution in [0.4, 0.5) is 4.39 Å². The van der Waals surface area contributed by atoms with E-state index in [0.717, 1.165) is 18.7 Å². The van der Waals surface area contributed by atoms with Gasteiger partial charge in [0.2, 0.25) is 0 Å². The third-order valence-corrected chi connectivity index (χ3v) is 3.10. The first-order chi connectivity index (χ1) is 9.20. The first kappa shape index (κ1) is 14.0. The second-order valence-corrected chi connectivity index (χ2v) is 4.78. The number of halogens is 2. The number of aromatic nitrogens is 3. The summed E-state index contributed by atoms with van der Waals surface area (Å²) in [7, 11) is 0. The van der Waals surface area contributed by atoms with Crippen molar-refractivity contribution in [2.45, 2.75) is 25.8 Å². The van der Waals surface area contributed by atoms with Crippen molar-refractivity contribution in [3.63, 3.8) is 0 Å². The van der Waals surface area contributed by atoms with Crippen molar-refractivity contribution < 1.29 is 4.39 Å². The molecule has 1 heterocycles. The van der Waals surface area contributed by atoms with Crippen molar-refractivity contribution in [3.8, 4) is 0 Å². The molecule has 2 rings (SSSR count). The summed E-state index contributed by atoms with van der Waals surface area (Å²) in [4.78, 5) is 0. The number of rotatable bonds is 6. The minimum absolute atomic E-state index is 0.0772. The van der Waals surface area contributed by atoms with Gasteiger partial charge in [-0.3, -0.25) is 0 Å². The smallest absolute Gasteiger partial charge is 0.126 e. The van der Waals surface area contributed by atoms with Gasteiger partial charge in [-0.1, -0.05) is 18.5 Å². The largest absolute Gasteiger partial charge is 0.308 e. The Morgan fingerprint density at radius 1 is 1.47 bits per heavy atom. The van der Waals surface area contributed by atoms with Gasteiger partial charge < -0.3 is 5.32 Å². The predicted molar refractivity (Wildman–Crippen MR) is 72.5 cm³/mol. The molecule has 0 aliphatic heterocycles. The Kier molecular flexibility index (Phi) is 4.87. The van der Waals surface area contributed by atoms with Gasteiger partial charge >= 0.3 is 0 Å². The van der Waals surface area contributed by atoms with Gasteiger partial charge in [0, 0.05) is 5.02 Å². The lowest BCUT2D eigenvalue weighted by atomic mass is 10.0. The number of aromatic amines is 1. The summed E-state index contributed by atoms with van der Waals surface area (Å²) in [5.74, 6) is -0.254. The second-order valence-electron chi connectivity index (χ2n) is 4.34. The summed E-state index contributed by atoms with van der Waals surface area (Å²) < 4.78 is 13.8. The van der Waals surface area contributed by atoms with E-state index in [1.165, 1.54) is 6.07 Å². The Morgan fingerprint density at radius 2 is 2.32 bits per heavy atom. The van der Waals surface area contributed by atoms with Gasteiger partial charge in [0.15, 0.2) is 0 Å². The highest BCUT2D eigenvalue weighted by Gasteiger charge is 2.16. The third kappa shape index (κ3) is 3.75. The average Bonchev–Trinajstić information content (AvgIpc) is 2.92. The molecule has 2 aromatic rings. The van der Waals surface area contributed by atoms with Gasteiger partial charge in [-0.15, -0.1) is 0 Å². The van der Waals surface area contributed by atoms with Crippen LogP contribution in [0.1, 0.15) is 30.6 Å². The minimum Gasteiger partial charge on any atom is -0.308 e. The standard InChI is InChI=1S/C13H16ClFN4/c1-2-5-16-12(13-8-17-19-18-13)7-9-6-10(14)3-4-11(9)15/h3-4,6,8,12,16H,2,5,7H2,1H3,(H,17,18,19). The topological polar surface area (TPSA) is 53.6 Å². The molecule has 0 saturated heterocycles. The maximum absolute atomic E-state index is 13.8.